The lowest BCUT2D eigenvalue weighted by Gasteiger charge is -2.26. The monoisotopic (exact) mass is 901 g/mol. The van der Waals surface area contributed by atoms with E-state index in [9.17, 15) is 0 Å². The summed E-state index contributed by atoms with van der Waals surface area (Å²) in [6.45, 7) is 4.18. The molecule has 3 aromatic carbocycles. The first-order chi connectivity index (χ1) is 29.6. The largest absolute Gasteiger partial charge is 0.494 e. The molecule has 0 amide bonds. The molecule has 11 rings (SSSR count). The number of nitrogens with zero attached hydrogens (tertiary/aromatic N) is 1. The molecule has 0 atom stereocenters. The van der Waals surface area contributed by atoms with E-state index in [0.29, 0.717) is 13.2 Å². The SMILES string of the molecule is CCCCCCOc1ccc(N(c2ccc(-c3cc4sc(-c5scc6c5CCOO6)cc4s3)cc2)c2ccc(-c3cc4sc(-c5scc6c5CCOO6)cc4s3)cc2)cc1. The zero-order valence-corrected chi connectivity index (χ0v) is 37.6. The highest BCUT2D eigenvalue weighted by Gasteiger charge is 2.23. The zero-order chi connectivity index (χ0) is 40.0. The summed E-state index contributed by atoms with van der Waals surface area (Å²) in [6.07, 6.45) is 6.53. The highest BCUT2D eigenvalue weighted by Crippen LogP contribution is 2.49. The van der Waals surface area contributed by atoms with Crippen LogP contribution in [0.5, 0.6) is 17.2 Å². The van der Waals surface area contributed by atoms with Crippen LogP contribution in [0.2, 0.25) is 0 Å². The first-order valence-corrected chi connectivity index (χ1v) is 25.3. The summed E-state index contributed by atoms with van der Waals surface area (Å²) in [7, 11) is 0. The third-order valence-corrected chi connectivity index (χ3v) is 18.0. The third kappa shape index (κ3) is 7.47. The molecule has 8 heterocycles. The van der Waals surface area contributed by atoms with Crippen molar-refractivity contribution < 1.29 is 24.3 Å². The van der Waals surface area contributed by atoms with E-state index >= 15 is 0 Å². The van der Waals surface area contributed by atoms with Crippen LogP contribution in [-0.2, 0) is 22.6 Å². The summed E-state index contributed by atoms with van der Waals surface area (Å²) < 4.78 is 11.4. The normalized spacial score (nSPS) is 13.6. The fraction of sp³-hybridized carbons (Fsp3) is 0.208. The van der Waals surface area contributed by atoms with Crippen LogP contribution in [-0.4, -0.2) is 19.8 Å². The van der Waals surface area contributed by atoms with E-state index in [1.54, 1.807) is 22.7 Å². The molecule has 0 radical (unpaired) electrons. The van der Waals surface area contributed by atoms with Crippen LogP contribution in [0.3, 0.4) is 0 Å². The fourth-order valence-corrected chi connectivity index (χ4v) is 15.0. The van der Waals surface area contributed by atoms with Crippen molar-refractivity contribution in [2.24, 2.45) is 0 Å². The van der Waals surface area contributed by atoms with Crippen LogP contribution in [0.1, 0.15) is 43.7 Å². The van der Waals surface area contributed by atoms with Crippen LogP contribution < -0.4 is 19.4 Å². The van der Waals surface area contributed by atoms with Crippen molar-refractivity contribution in [2.45, 2.75) is 45.4 Å². The fourth-order valence-electron chi connectivity index (χ4n) is 7.84. The van der Waals surface area contributed by atoms with Crippen LogP contribution in [0.4, 0.5) is 17.1 Å². The van der Waals surface area contributed by atoms with E-state index in [-0.39, 0.29) is 0 Å². The number of benzene rings is 3. The van der Waals surface area contributed by atoms with Gasteiger partial charge in [0.1, 0.15) is 5.75 Å². The molecule has 2 aliphatic heterocycles. The highest BCUT2D eigenvalue weighted by molar-refractivity contribution is 7.33. The van der Waals surface area contributed by atoms with Crippen LogP contribution in [0.15, 0.2) is 108 Å². The van der Waals surface area contributed by atoms with E-state index in [1.807, 2.05) is 45.3 Å². The summed E-state index contributed by atoms with van der Waals surface area (Å²) >= 11 is 10.9. The van der Waals surface area contributed by atoms with Gasteiger partial charge in [-0.15, -0.1) is 68.0 Å². The molecule has 0 unspecified atom stereocenters. The molecule has 60 heavy (non-hydrogen) atoms. The number of thiophene rings is 6. The summed E-state index contributed by atoms with van der Waals surface area (Å²) in [5.74, 6) is 2.64. The Bertz CT molecular complexity index is 2680. The van der Waals surface area contributed by atoms with Crippen molar-refractivity contribution in [2.75, 3.05) is 24.7 Å². The van der Waals surface area contributed by atoms with Gasteiger partial charge in [0, 0.05) is 90.1 Å². The summed E-state index contributed by atoms with van der Waals surface area (Å²) in [6, 6.07) is 35.9. The van der Waals surface area contributed by atoms with Crippen molar-refractivity contribution in [3.8, 4) is 57.6 Å². The minimum absolute atomic E-state index is 0.597. The molecular formula is C48H39NO5S6. The first kappa shape index (κ1) is 38.4. The average Bonchev–Trinajstić information content (AvgIpc) is 4.14. The molecular weight excluding hydrogens is 863 g/mol. The third-order valence-electron chi connectivity index (χ3n) is 10.9. The van der Waals surface area contributed by atoms with Crippen molar-refractivity contribution >= 4 is 104 Å². The molecule has 0 fully saturated rings. The smallest absolute Gasteiger partial charge is 0.179 e. The van der Waals surface area contributed by atoms with Crippen molar-refractivity contribution in [1.29, 1.82) is 0 Å². The molecule has 0 spiro atoms. The maximum absolute atomic E-state index is 6.14. The van der Waals surface area contributed by atoms with Gasteiger partial charge in [-0.05, 0) is 90.3 Å². The van der Waals surface area contributed by atoms with Gasteiger partial charge in [-0.3, -0.25) is 0 Å². The van der Waals surface area contributed by atoms with Gasteiger partial charge in [-0.1, -0.05) is 50.5 Å². The van der Waals surface area contributed by atoms with Crippen molar-refractivity contribution in [3.63, 3.8) is 0 Å². The average molecular weight is 902 g/mol. The lowest BCUT2D eigenvalue weighted by molar-refractivity contribution is -0.214. The second kappa shape index (κ2) is 16.8. The molecule has 12 heteroatoms. The van der Waals surface area contributed by atoms with Gasteiger partial charge >= 0.3 is 0 Å². The van der Waals surface area contributed by atoms with Crippen LogP contribution in [0.25, 0.3) is 59.2 Å². The molecule has 2 aliphatic rings. The molecule has 9 aromatic rings. The van der Waals surface area contributed by atoms with Gasteiger partial charge < -0.3 is 19.4 Å². The molecule has 0 saturated heterocycles. The second-order valence-electron chi connectivity index (χ2n) is 14.9. The number of unbranched alkanes of at least 4 members (excludes halogenated alkanes) is 3. The van der Waals surface area contributed by atoms with Crippen molar-refractivity contribution in [1.82, 2.24) is 0 Å². The Balaban J connectivity index is 0.860. The molecule has 302 valence electrons. The van der Waals surface area contributed by atoms with Gasteiger partial charge in [0.2, 0.25) is 0 Å². The van der Waals surface area contributed by atoms with Gasteiger partial charge in [0.25, 0.3) is 0 Å². The molecule has 6 nitrogen and oxygen atoms in total. The Kier molecular flexibility index (Phi) is 10.7. The highest BCUT2D eigenvalue weighted by atomic mass is 32.1. The van der Waals surface area contributed by atoms with E-state index in [0.717, 1.165) is 60.2 Å². The lowest BCUT2D eigenvalue weighted by atomic mass is 10.1. The Morgan fingerprint density at radius 2 is 0.983 bits per heavy atom. The number of ether oxygens (including phenoxy) is 1. The van der Waals surface area contributed by atoms with Crippen LogP contribution >= 0.6 is 68.0 Å². The molecule has 0 saturated carbocycles. The first-order valence-electron chi connectivity index (χ1n) is 20.3. The van der Waals surface area contributed by atoms with Gasteiger partial charge in [0.05, 0.1) is 29.6 Å². The quantitative estimate of drug-likeness (QED) is 0.0849. The Hall–Kier alpha value is -4.50. The minimum Gasteiger partial charge on any atom is -0.494 e. The van der Waals surface area contributed by atoms with E-state index in [4.69, 9.17) is 24.3 Å². The number of rotatable bonds is 13. The maximum atomic E-state index is 6.14. The molecule has 0 aliphatic carbocycles. The standard InChI is InChI=1S/C48H39NO5S6/c1-2-3-4-5-20-50-34-16-14-33(15-17-34)49(31-10-6-29(7-11-31)39-23-41-43(57-39)25-45(59-41)47-35-18-21-51-53-37(35)27-55-47)32-12-8-30(9-13-32)40-24-42-44(58-40)26-46(60-42)48-36-19-22-52-54-38(36)28-56-48/h6-17,23-28H,2-5,18-22H2,1H3. The van der Waals surface area contributed by atoms with Crippen LogP contribution in [0, 0.1) is 0 Å². The Morgan fingerprint density at radius 3 is 1.47 bits per heavy atom. The minimum atomic E-state index is 0.597. The molecule has 0 N–H and O–H groups in total. The summed E-state index contributed by atoms with van der Waals surface area (Å²) in [5.41, 5.74) is 8.26. The Labute approximate surface area is 372 Å². The van der Waals surface area contributed by atoms with Gasteiger partial charge in [-0.2, -0.15) is 9.78 Å². The van der Waals surface area contributed by atoms with E-state index in [1.165, 1.54) is 89.6 Å². The number of fused-ring (bicyclic) bond motifs is 4. The van der Waals surface area contributed by atoms with Gasteiger partial charge in [-0.25, -0.2) is 0 Å². The number of hydrogen-bond acceptors (Lipinski definition) is 12. The summed E-state index contributed by atoms with van der Waals surface area (Å²) in [4.78, 5) is 31.4. The summed E-state index contributed by atoms with van der Waals surface area (Å²) in [5, 5.41) is 4.12. The predicted octanol–water partition coefficient (Wildman–Crippen LogP) is 16.2. The molecule has 0 bridgehead atoms. The van der Waals surface area contributed by atoms with Gasteiger partial charge in [0.15, 0.2) is 11.5 Å². The Morgan fingerprint density at radius 1 is 0.533 bits per heavy atom. The topological polar surface area (TPSA) is 49.4 Å². The van der Waals surface area contributed by atoms with E-state index in [2.05, 4.69) is 120 Å². The number of hydrogen-bond donors (Lipinski definition) is 0. The van der Waals surface area contributed by atoms with Crippen molar-refractivity contribution in [3.05, 3.63) is 119 Å². The lowest BCUT2D eigenvalue weighted by Crippen LogP contribution is -2.10. The zero-order valence-electron chi connectivity index (χ0n) is 32.7. The maximum Gasteiger partial charge on any atom is 0.179 e. The molecule has 6 aromatic heterocycles. The predicted molar refractivity (Wildman–Crippen MR) is 255 cm³/mol. The number of anilines is 3. The van der Waals surface area contributed by atoms with E-state index < -0.39 is 0 Å². The second-order valence-corrected chi connectivity index (χ2v) is 21.0.